The molecule has 0 radical (unpaired) electrons. The summed E-state index contributed by atoms with van der Waals surface area (Å²) in [6.45, 7) is 0.511. The lowest BCUT2D eigenvalue weighted by Crippen LogP contribution is -2.33. The lowest BCUT2D eigenvalue weighted by atomic mass is 10.1. The predicted molar refractivity (Wildman–Crippen MR) is 103 cm³/mol. The van der Waals surface area contributed by atoms with Crippen molar-refractivity contribution in [1.82, 2.24) is 4.98 Å². The number of rotatable bonds is 5. The monoisotopic (exact) mass is 370 g/mol. The molecule has 0 spiro atoms. The Morgan fingerprint density at radius 1 is 0.880 bits per heavy atom. The van der Waals surface area contributed by atoms with Crippen LogP contribution in [0, 0.1) is 0 Å². The topological polar surface area (TPSA) is 33.2 Å². The molecule has 3 aromatic rings. The van der Waals surface area contributed by atoms with E-state index in [2.05, 4.69) is 4.98 Å². The molecule has 1 aromatic heterocycles. The fourth-order valence-corrected chi connectivity index (χ4v) is 2.87. The number of amides is 1. The molecule has 0 fully saturated rings. The normalized spacial score (nSPS) is 10.5. The molecule has 0 atom stereocenters. The number of carbonyl (C=O) groups excluding carboxylic acids is 1. The van der Waals surface area contributed by atoms with Gasteiger partial charge in [0.25, 0.3) is 5.91 Å². The third-order valence-corrected chi connectivity index (χ3v) is 4.31. The third-order valence-electron chi connectivity index (χ3n) is 3.79. The van der Waals surface area contributed by atoms with Crippen molar-refractivity contribution < 1.29 is 4.79 Å². The van der Waals surface area contributed by atoms with Crippen LogP contribution >= 0.6 is 23.2 Å². The number of nitrogens with zero attached hydrogens (tertiary/aromatic N) is 2. The fourth-order valence-electron chi connectivity index (χ4n) is 2.54. The third kappa shape index (κ3) is 4.38. The van der Waals surface area contributed by atoms with E-state index in [-0.39, 0.29) is 21.8 Å². The highest BCUT2D eigenvalue weighted by atomic mass is 35.5. The number of hydrogen-bond donors (Lipinski definition) is 0. The van der Waals surface area contributed by atoms with Gasteiger partial charge in [-0.1, -0.05) is 71.7 Å². The number of aromatic nitrogens is 1. The Kier molecular flexibility index (Phi) is 5.69. The van der Waals surface area contributed by atoms with Crippen molar-refractivity contribution in [2.75, 3.05) is 11.4 Å². The summed E-state index contributed by atoms with van der Waals surface area (Å²) in [5.41, 5.74) is 2.11. The van der Waals surface area contributed by atoms with Crippen LogP contribution in [-0.4, -0.2) is 17.4 Å². The fraction of sp³-hybridized carbons (Fsp3) is 0.100. The number of anilines is 1. The van der Waals surface area contributed by atoms with Gasteiger partial charge in [-0.2, -0.15) is 0 Å². The zero-order chi connectivity index (χ0) is 17.6. The van der Waals surface area contributed by atoms with E-state index >= 15 is 0 Å². The summed E-state index contributed by atoms with van der Waals surface area (Å²) in [5, 5.41) is 0.527. The lowest BCUT2D eigenvalue weighted by Gasteiger charge is -2.23. The summed E-state index contributed by atoms with van der Waals surface area (Å²) in [4.78, 5) is 18.9. The number of benzene rings is 2. The van der Waals surface area contributed by atoms with Crippen LogP contribution in [0.5, 0.6) is 0 Å². The first-order valence-corrected chi connectivity index (χ1v) is 8.63. The van der Waals surface area contributed by atoms with E-state index in [1.165, 1.54) is 0 Å². The highest BCUT2D eigenvalue weighted by Gasteiger charge is 2.21. The minimum absolute atomic E-state index is 0.158. The van der Waals surface area contributed by atoms with Gasteiger partial charge in [0.15, 0.2) is 0 Å². The SMILES string of the molecule is O=C(c1nc(Cl)ccc1Cl)N(CCc1ccccc1)c1ccccc1. The maximum absolute atomic E-state index is 13.1. The van der Waals surface area contributed by atoms with Crippen molar-refractivity contribution in [3.8, 4) is 0 Å². The number of halogens is 2. The number of pyridine rings is 1. The zero-order valence-electron chi connectivity index (χ0n) is 13.4. The van der Waals surface area contributed by atoms with Gasteiger partial charge < -0.3 is 4.90 Å². The second-order valence-electron chi connectivity index (χ2n) is 5.49. The van der Waals surface area contributed by atoms with Crippen LogP contribution in [0.3, 0.4) is 0 Å². The number of para-hydroxylation sites is 1. The second kappa shape index (κ2) is 8.15. The van der Waals surface area contributed by atoms with Crippen LogP contribution in [0.2, 0.25) is 10.2 Å². The molecule has 0 aliphatic rings. The highest BCUT2D eigenvalue weighted by Crippen LogP contribution is 2.22. The zero-order valence-corrected chi connectivity index (χ0v) is 14.9. The number of hydrogen-bond acceptors (Lipinski definition) is 2. The lowest BCUT2D eigenvalue weighted by molar-refractivity contribution is 0.0982. The smallest absolute Gasteiger partial charge is 0.278 e. The Balaban J connectivity index is 1.90. The summed E-state index contributed by atoms with van der Waals surface area (Å²) in [6, 6.07) is 22.7. The molecular formula is C20H16Cl2N2O. The Hall–Kier alpha value is -2.36. The maximum atomic E-state index is 13.1. The standard InChI is InChI=1S/C20H16Cl2N2O/c21-17-11-12-18(22)23-19(17)20(25)24(16-9-5-2-6-10-16)14-13-15-7-3-1-4-8-15/h1-12H,13-14H2. The molecule has 0 saturated heterocycles. The van der Waals surface area contributed by atoms with Gasteiger partial charge in [-0.05, 0) is 36.2 Å². The van der Waals surface area contributed by atoms with Crippen molar-refractivity contribution in [3.05, 3.63) is 94.2 Å². The van der Waals surface area contributed by atoms with Gasteiger partial charge in [0.2, 0.25) is 0 Å². The van der Waals surface area contributed by atoms with Gasteiger partial charge in [0, 0.05) is 12.2 Å². The van der Waals surface area contributed by atoms with Gasteiger partial charge in [0.1, 0.15) is 10.8 Å². The van der Waals surface area contributed by atoms with Gasteiger partial charge >= 0.3 is 0 Å². The summed E-state index contributed by atoms with van der Waals surface area (Å²) in [7, 11) is 0. The summed E-state index contributed by atoms with van der Waals surface area (Å²) >= 11 is 12.1. The molecule has 2 aromatic carbocycles. The van der Waals surface area contributed by atoms with Crippen LogP contribution in [0.1, 0.15) is 16.1 Å². The maximum Gasteiger partial charge on any atom is 0.278 e. The second-order valence-corrected chi connectivity index (χ2v) is 6.29. The molecule has 0 saturated carbocycles. The van der Waals surface area contributed by atoms with Gasteiger partial charge in [-0.25, -0.2) is 4.98 Å². The molecule has 5 heteroatoms. The van der Waals surface area contributed by atoms with E-state index < -0.39 is 0 Å². The molecular weight excluding hydrogens is 355 g/mol. The molecule has 3 nitrogen and oxygen atoms in total. The molecule has 0 aliphatic heterocycles. The van der Waals surface area contributed by atoms with E-state index in [0.717, 1.165) is 17.7 Å². The molecule has 3 rings (SSSR count). The minimum atomic E-state index is -0.269. The van der Waals surface area contributed by atoms with Crippen molar-refractivity contribution >= 4 is 34.8 Å². The van der Waals surface area contributed by atoms with Gasteiger partial charge in [-0.3, -0.25) is 4.79 Å². The van der Waals surface area contributed by atoms with Crippen molar-refractivity contribution in [2.24, 2.45) is 0 Å². The molecule has 0 unspecified atom stereocenters. The van der Waals surface area contributed by atoms with Crippen molar-refractivity contribution in [2.45, 2.75) is 6.42 Å². The largest absolute Gasteiger partial charge is 0.307 e. The van der Waals surface area contributed by atoms with E-state index in [9.17, 15) is 4.79 Å². The Morgan fingerprint density at radius 3 is 2.20 bits per heavy atom. The first kappa shape index (κ1) is 17.5. The average Bonchev–Trinajstić information content (AvgIpc) is 2.65. The molecule has 0 bridgehead atoms. The van der Waals surface area contributed by atoms with Crippen LogP contribution in [-0.2, 0) is 6.42 Å². The van der Waals surface area contributed by atoms with E-state index in [4.69, 9.17) is 23.2 Å². The molecule has 25 heavy (non-hydrogen) atoms. The van der Waals surface area contributed by atoms with Crippen molar-refractivity contribution in [3.63, 3.8) is 0 Å². The highest BCUT2D eigenvalue weighted by molar-refractivity contribution is 6.35. The molecule has 126 valence electrons. The van der Waals surface area contributed by atoms with Crippen LogP contribution < -0.4 is 4.90 Å². The molecule has 0 aliphatic carbocycles. The average molecular weight is 371 g/mol. The molecule has 1 amide bonds. The summed E-state index contributed by atoms with van der Waals surface area (Å²) in [5.74, 6) is -0.269. The van der Waals surface area contributed by atoms with Crippen molar-refractivity contribution in [1.29, 1.82) is 0 Å². The Bertz CT molecular complexity index is 854. The first-order valence-electron chi connectivity index (χ1n) is 7.88. The van der Waals surface area contributed by atoms with Crippen LogP contribution in [0.25, 0.3) is 0 Å². The summed E-state index contributed by atoms with van der Waals surface area (Å²) in [6.07, 6.45) is 0.722. The van der Waals surface area contributed by atoms with Gasteiger partial charge in [-0.15, -0.1) is 0 Å². The predicted octanol–water partition coefficient (Wildman–Crippen LogP) is 5.28. The quantitative estimate of drug-likeness (QED) is 0.572. The Labute approximate surface area is 156 Å². The summed E-state index contributed by atoms with van der Waals surface area (Å²) < 4.78 is 0. The number of carbonyl (C=O) groups is 1. The molecule has 0 N–H and O–H groups in total. The van der Waals surface area contributed by atoms with E-state index in [1.54, 1.807) is 17.0 Å². The first-order chi connectivity index (χ1) is 12.1. The van der Waals surface area contributed by atoms with E-state index in [0.29, 0.717) is 6.54 Å². The van der Waals surface area contributed by atoms with Crippen LogP contribution in [0.15, 0.2) is 72.8 Å². The minimum Gasteiger partial charge on any atom is -0.307 e. The van der Waals surface area contributed by atoms with E-state index in [1.807, 2.05) is 60.7 Å². The van der Waals surface area contributed by atoms with Crippen LogP contribution in [0.4, 0.5) is 5.69 Å². The van der Waals surface area contributed by atoms with Gasteiger partial charge in [0.05, 0.1) is 5.02 Å². The molecule has 1 heterocycles. The Morgan fingerprint density at radius 2 is 1.52 bits per heavy atom.